The van der Waals surface area contributed by atoms with Gasteiger partial charge in [-0.05, 0) is 24.1 Å². The van der Waals surface area contributed by atoms with Crippen molar-refractivity contribution in [2.45, 2.75) is 32.2 Å². The number of hydrogen-bond donors (Lipinski definition) is 2. The smallest absolute Gasteiger partial charge is 0.303 e. The van der Waals surface area contributed by atoms with Crippen LogP contribution in [0, 0.1) is 6.92 Å². The van der Waals surface area contributed by atoms with Gasteiger partial charge in [0, 0.05) is 18.4 Å². The standard InChI is InChI=1S/C21H23N3O5S/c1-14-7-3-4-8-15(14)19-13-18(22-24(19)20(25)11-12-21(26)27)16-9-5-6-10-17(16)23-30(2,28)29/h3-10,19,23H,11-13H2,1-2H3,(H,26,27)/t19-/m1/s1. The van der Waals surface area contributed by atoms with E-state index in [-0.39, 0.29) is 12.8 Å². The first-order chi connectivity index (χ1) is 14.2. The van der Waals surface area contributed by atoms with Crippen molar-refractivity contribution in [3.05, 3.63) is 65.2 Å². The van der Waals surface area contributed by atoms with Crippen LogP contribution in [0.15, 0.2) is 53.6 Å². The van der Waals surface area contributed by atoms with Crippen LogP contribution in [0.1, 0.15) is 42.0 Å². The molecule has 0 aliphatic carbocycles. The number of aryl methyl sites for hydroxylation is 1. The molecule has 2 N–H and O–H groups in total. The lowest BCUT2D eigenvalue weighted by molar-refractivity contribution is -0.141. The molecule has 2 aromatic carbocycles. The third-order valence-electron chi connectivity index (χ3n) is 4.80. The molecule has 0 bridgehead atoms. The topological polar surface area (TPSA) is 116 Å². The van der Waals surface area contributed by atoms with Crippen LogP contribution in [0.3, 0.4) is 0 Å². The Kier molecular flexibility index (Phi) is 6.21. The van der Waals surface area contributed by atoms with Crippen molar-refractivity contribution in [2.24, 2.45) is 5.10 Å². The predicted molar refractivity (Wildman–Crippen MR) is 114 cm³/mol. The summed E-state index contributed by atoms with van der Waals surface area (Å²) in [5.74, 6) is -1.45. The number of para-hydroxylation sites is 1. The maximum atomic E-state index is 12.8. The lowest BCUT2D eigenvalue weighted by Crippen LogP contribution is -2.27. The molecule has 1 atom stereocenters. The van der Waals surface area contributed by atoms with Crippen LogP contribution in [0.5, 0.6) is 0 Å². The molecule has 1 heterocycles. The zero-order valence-electron chi connectivity index (χ0n) is 16.7. The van der Waals surface area contributed by atoms with Gasteiger partial charge in [0.1, 0.15) is 0 Å². The minimum Gasteiger partial charge on any atom is -0.481 e. The Hall–Kier alpha value is -3.20. The number of carbonyl (C=O) groups excluding carboxylic acids is 1. The van der Waals surface area contributed by atoms with Gasteiger partial charge in [-0.1, -0.05) is 42.5 Å². The summed E-state index contributed by atoms with van der Waals surface area (Å²) in [5, 5.41) is 14.8. The van der Waals surface area contributed by atoms with Crippen molar-refractivity contribution >= 4 is 33.3 Å². The Labute approximate surface area is 175 Å². The second-order valence-electron chi connectivity index (χ2n) is 7.18. The molecule has 0 radical (unpaired) electrons. The number of nitrogens with zero attached hydrogens (tertiary/aromatic N) is 2. The van der Waals surface area contributed by atoms with Gasteiger partial charge in [-0.15, -0.1) is 0 Å². The van der Waals surface area contributed by atoms with E-state index in [2.05, 4.69) is 9.82 Å². The monoisotopic (exact) mass is 429 g/mol. The van der Waals surface area contributed by atoms with Crippen LogP contribution in [-0.4, -0.2) is 42.4 Å². The molecule has 1 aliphatic heterocycles. The van der Waals surface area contributed by atoms with Crippen LogP contribution < -0.4 is 4.72 Å². The van der Waals surface area contributed by atoms with E-state index in [0.29, 0.717) is 23.4 Å². The minimum atomic E-state index is -3.50. The number of carbonyl (C=O) groups is 2. The van der Waals surface area contributed by atoms with Gasteiger partial charge in [0.25, 0.3) is 0 Å². The maximum absolute atomic E-state index is 12.8. The molecule has 30 heavy (non-hydrogen) atoms. The molecule has 0 spiro atoms. The van der Waals surface area contributed by atoms with Crippen LogP contribution in [0.4, 0.5) is 5.69 Å². The van der Waals surface area contributed by atoms with Crippen molar-refractivity contribution in [3.8, 4) is 0 Å². The highest BCUT2D eigenvalue weighted by Crippen LogP contribution is 2.36. The van der Waals surface area contributed by atoms with Gasteiger partial charge < -0.3 is 5.11 Å². The normalized spacial score (nSPS) is 16.3. The molecule has 0 saturated heterocycles. The minimum absolute atomic E-state index is 0.169. The molecule has 0 saturated carbocycles. The molecular formula is C21H23N3O5S. The average molecular weight is 429 g/mol. The highest BCUT2D eigenvalue weighted by atomic mass is 32.2. The number of carboxylic acid groups (broad SMARTS) is 1. The Balaban J connectivity index is 2.01. The molecule has 2 aromatic rings. The van der Waals surface area contributed by atoms with Gasteiger partial charge in [-0.2, -0.15) is 5.10 Å². The van der Waals surface area contributed by atoms with Gasteiger partial charge in [0.05, 0.1) is 30.1 Å². The van der Waals surface area contributed by atoms with E-state index >= 15 is 0 Å². The summed E-state index contributed by atoms with van der Waals surface area (Å²) in [4.78, 5) is 23.7. The molecule has 0 fully saturated rings. The van der Waals surface area contributed by atoms with Crippen LogP contribution in [0.2, 0.25) is 0 Å². The lowest BCUT2D eigenvalue weighted by atomic mass is 9.94. The van der Waals surface area contributed by atoms with E-state index in [4.69, 9.17) is 5.11 Å². The number of amides is 1. The van der Waals surface area contributed by atoms with Crippen molar-refractivity contribution in [1.82, 2.24) is 5.01 Å². The summed E-state index contributed by atoms with van der Waals surface area (Å²) in [6, 6.07) is 14.1. The number of sulfonamides is 1. The molecule has 1 aliphatic rings. The summed E-state index contributed by atoms with van der Waals surface area (Å²) in [6.45, 7) is 1.94. The van der Waals surface area contributed by atoms with Gasteiger partial charge >= 0.3 is 5.97 Å². The fourth-order valence-electron chi connectivity index (χ4n) is 3.46. The summed E-state index contributed by atoms with van der Waals surface area (Å²) in [7, 11) is -3.50. The van der Waals surface area contributed by atoms with Gasteiger partial charge in [0.15, 0.2) is 0 Å². The molecular weight excluding hydrogens is 406 g/mol. The second-order valence-corrected chi connectivity index (χ2v) is 8.92. The van der Waals surface area contributed by atoms with E-state index in [1.165, 1.54) is 5.01 Å². The Morgan fingerprint density at radius 1 is 1.13 bits per heavy atom. The molecule has 8 nitrogen and oxygen atoms in total. The average Bonchev–Trinajstić information content (AvgIpc) is 3.10. The Morgan fingerprint density at radius 2 is 1.80 bits per heavy atom. The molecule has 3 rings (SSSR count). The number of aliphatic carboxylic acids is 1. The number of rotatable bonds is 7. The number of benzene rings is 2. The van der Waals surface area contributed by atoms with E-state index in [9.17, 15) is 18.0 Å². The van der Waals surface area contributed by atoms with E-state index in [1.807, 2.05) is 31.2 Å². The van der Waals surface area contributed by atoms with E-state index < -0.39 is 27.9 Å². The number of carboxylic acids is 1. The van der Waals surface area contributed by atoms with Crippen LogP contribution in [0.25, 0.3) is 0 Å². The van der Waals surface area contributed by atoms with Gasteiger partial charge in [-0.25, -0.2) is 13.4 Å². The summed E-state index contributed by atoms with van der Waals surface area (Å²) >= 11 is 0. The van der Waals surface area contributed by atoms with Gasteiger partial charge in [0.2, 0.25) is 15.9 Å². The third kappa shape index (κ3) is 5.04. The predicted octanol–water partition coefficient (Wildman–Crippen LogP) is 2.91. The summed E-state index contributed by atoms with van der Waals surface area (Å²) < 4.78 is 26.0. The zero-order chi connectivity index (χ0) is 21.9. The largest absolute Gasteiger partial charge is 0.481 e. The first-order valence-corrected chi connectivity index (χ1v) is 11.3. The number of hydrazone groups is 1. The van der Waals surface area contributed by atoms with Gasteiger partial charge in [-0.3, -0.25) is 14.3 Å². The fraction of sp³-hybridized carbons (Fsp3) is 0.286. The SMILES string of the molecule is Cc1ccccc1[C@H]1CC(c2ccccc2NS(C)(=O)=O)=NN1C(=O)CCC(=O)O. The second kappa shape index (κ2) is 8.66. The highest BCUT2D eigenvalue weighted by molar-refractivity contribution is 7.92. The van der Waals surface area contributed by atoms with Crippen LogP contribution in [-0.2, 0) is 19.6 Å². The zero-order valence-corrected chi connectivity index (χ0v) is 17.5. The summed E-state index contributed by atoms with van der Waals surface area (Å²) in [6.07, 6.45) is 0.995. The molecule has 0 aromatic heterocycles. The first kappa shape index (κ1) is 21.5. The highest BCUT2D eigenvalue weighted by Gasteiger charge is 2.34. The van der Waals surface area contributed by atoms with Crippen molar-refractivity contribution in [3.63, 3.8) is 0 Å². The summed E-state index contributed by atoms with van der Waals surface area (Å²) in [5.41, 5.74) is 3.40. The van der Waals surface area contributed by atoms with Crippen molar-refractivity contribution in [2.75, 3.05) is 11.0 Å². The lowest BCUT2D eigenvalue weighted by Gasteiger charge is -2.23. The van der Waals surface area contributed by atoms with E-state index in [1.54, 1.807) is 24.3 Å². The maximum Gasteiger partial charge on any atom is 0.303 e. The van der Waals surface area contributed by atoms with E-state index in [0.717, 1.165) is 17.4 Å². The fourth-order valence-corrected chi connectivity index (χ4v) is 4.04. The quantitative estimate of drug-likeness (QED) is 0.702. The van der Waals surface area contributed by atoms with Crippen molar-refractivity contribution < 1.29 is 23.1 Å². The molecule has 1 amide bonds. The number of nitrogens with one attached hydrogen (secondary N) is 1. The molecule has 158 valence electrons. The van der Waals surface area contributed by atoms with Crippen molar-refractivity contribution in [1.29, 1.82) is 0 Å². The third-order valence-corrected chi connectivity index (χ3v) is 5.39. The Morgan fingerprint density at radius 3 is 2.47 bits per heavy atom. The molecule has 9 heteroatoms. The number of anilines is 1. The first-order valence-electron chi connectivity index (χ1n) is 9.40. The number of hydrogen-bond acceptors (Lipinski definition) is 5. The van der Waals surface area contributed by atoms with Crippen LogP contribution >= 0.6 is 0 Å². The Bertz CT molecular complexity index is 1110. The molecule has 0 unspecified atom stereocenters.